The number of hydrogen-bond donors (Lipinski definition) is 3. The third kappa shape index (κ3) is 3.06. The summed E-state index contributed by atoms with van der Waals surface area (Å²) in [6, 6.07) is 0.00684. The van der Waals surface area contributed by atoms with Gasteiger partial charge in [0.05, 0.1) is 6.04 Å². The summed E-state index contributed by atoms with van der Waals surface area (Å²) in [6.45, 7) is 3.93. The zero-order chi connectivity index (χ0) is 12.1. The lowest BCUT2D eigenvalue weighted by Gasteiger charge is -2.24. The van der Waals surface area contributed by atoms with E-state index in [1.165, 1.54) is 0 Å². The van der Waals surface area contributed by atoms with Gasteiger partial charge in [-0.15, -0.1) is 0 Å². The van der Waals surface area contributed by atoms with Gasteiger partial charge in [-0.25, -0.2) is 4.98 Å². The fourth-order valence-electron chi connectivity index (χ4n) is 2.21. The van der Waals surface area contributed by atoms with E-state index in [-0.39, 0.29) is 17.9 Å². The normalized spacial score (nSPS) is 18.9. The summed E-state index contributed by atoms with van der Waals surface area (Å²) in [7, 11) is 0. The van der Waals surface area contributed by atoms with Crippen LogP contribution in [0.3, 0.4) is 0 Å². The van der Waals surface area contributed by atoms with Gasteiger partial charge in [-0.05, 0) is 32.4 Å². The molecule has 0 saturated carbocycles. The highest BCUT2D eigenvalue weighted by Gasteiger charge is 2.23. The molecule has 0 spiro atoms. The van der Waals surface area contributed by atoms with Crippen LogP contribution < -0.4 is 10.6 Å². The van der Waals surface area contributed by atoms with Gasteiger partial charge in [-0.1, -0.05) is 6.92 Å². The molecule has 0 radical (unpaired) electrons. The highest BCUT2D eigenvalue weighted by Crippen LogP contribution is 2.16. The molecule has 1 saturated heterocycles. The van der Waals surface area contributed by atoms with Crippen molar-refractivity contribution < 1.29 is 4.79 Å². The van der Waals surface area contributed by atoms with Crippen LogP contribution in [0.4, 0.5) is 0 Å². The van der Waals surface area contributed by atoms with Crippen LogP contribution in [0.5, 0.6) is 0 Å². The van der Waals surface area contributed by atoms with Gasteiger partial charge >= 0.3 is 0 Å². The summed E-state index contributed by atoms with van der Waals surface area (Å²) in [4.78, 5) is 19.3. The van der Waals surface area contributed by atoms with Crippen molar-refractivity contribution in [1.82, 2.24) is 20.6 Å². The lowest BCUT2D eigenvalue weighted by atomic mass is 9.97. The number of carbonyl (C=O) groups is 1. The maximum absolute atomic E-state index is 12.1. The van der Waals surface area contributed by atoms with Crippen molar-refractivity contribution in [2.24, 2.45) is 5.92 Å². The van der Waals surface area contributed by atoms with E-state index in [0.29, 0.717) is 0 Å². The fraction of sp³-hybridized carbons (Fsp3) is 0.667. The minimum Gasteiger partial charge on any atom is -0.347 e. The Morgan fingerprint density at radius 3 is 2.94 bits per heavy atom. The monoisotopic (exact) mass is 236 g/mol. The van der Waals surface area contributed by atoms with Crippen molar-refractivity contribution in [2.45, 2.75) is 32.2 Å². The molecule has 1 aromatic rings. The number of aromatic nitrogens is 2. The van der Waals surface area contributed by atoms with Crippen molar-refractivity contribution in [3.8, 4) is 0 Å². The number of piperidine rings is 1. The molecule has 5 nitrogen and oxygen atoms in total. The fourth-order valence-corrected chi connectivity index (χ4v) is 2.21. The Kier molecular flexibility index (Phi) is 4.14. The molecule has 0 bridgehead atoms. The Labute approximate surface area is 101 Å². The highest BCUT2D eigenvalue weighted by molar-refractivity contribution is 5.79. The number of aromatic amines is 1. The lowest BCUT2D eigenvalue weighted by molar-refractivity contribution is -0.126. The number of amides is 1. The van der Waals surface area contributed by atoms with Crippen molar-refractivity contribution in [3.05, 3.63) is 18.2 Å². The van der Waals surface area contributed by atoms with Gasteiger partial charge in [-0.3, -0.25) is 4.79 Å². The Hall–Kier alpha value is -1.36. The van der Waals surface area contributed by atoms with E-state index in [1.807, 2.05) is 0 Å². The summed E-state index contributed by atoms with van der Waals surface area (Å²) in [6.07, 6.45) is 6.22. The molecule has 1 amide bonds. The van der Waals surface area contributed by atoms with Crippen molar-refractivity contribution in [2.75, 3.05) is 13.1 Å². The van der Waals surface area contributed by atoms with Crippen LogP contribution >= 0.6 is 0 Å². The summed E-state index contributed by atoms with van der Waals surface area (Å²) < 4.78 is 0. The van der Waals surface area contributed by atoms with Crippen LogP contribution in [-0.4, -0.2) is 29.0 Å². The molecule has 0 aromatic carbocycles. The van der Waals surface area contributed by atoms with E-state index < -0.39 is 0 Å². The van der Waals surface area contributed by atoms with Crippen molar-refractivity contribution in [3.63, 3.8) is 0 Å². The highest BCUT2D eigenvalue weighted by atomic mass is 16.1. The number of carbonyl (C=O) groups excluding carboxylic acids is 1. The minimum absolute atomic E-state index is 0.00684. The van der Waals surface area contributed by atoms with Gasteiger partial charge in [-0.2, -0.15) is 0 Å². The molecule has 1 aliphatic heterocycles. The quantitative estimate of drug-likeness (QED) is 0.729. The van der Waals surface area contributed by atoms with E-state index in [2.05, 4.69) is 27.5 Å². The average molecular weight is 236 g/mol. The largest absolute Gasteiger partial charge is 0.347 e. The van der Waals surface area contributed by atoms with Gasteiger partial charge in [0.1, 0.15) is 5.82 Å². The Bertz CT molecular complexity index is 343. The lowest BCUT2D eigenvalue weighted by Crippen LogP contribution is -2.39. The third-order valence-electron chi connectivity index (χ3n) is 3.28. The predicted molar refractivity (Wildman–Crippen MR) is 65.4 cm³/mol. The smallest absolute Gasteiger partial charge is 0.223 e. The summed E-state index contributed by atoms with van der Waals surface area (Å²) in [5, 5.41) is 6.34. The van der Waals surface area contributed by atoms with E-state index in [4.69, 9.17) is 0 Å². The van der Waals surface area contributed by atoms with E-state index in [1.54, 1.807) is 12.4 Å². The third-order valence-corrected chi connectivity index (χ3v) is 3.28. The standard InChI is InChI=1S/C12H20N4O/c1-2-10(11-14-7-8-15-11)16-12(17)9-3-5-13-6-4-9/h7-10,13H,2-6H2,1H3,(H,14,15)(H,16,17). The molecule has 1 atom stereocenters. The molecular weight excluding hydrogens is 216 g/mol. The molecule has 1 aromatic heterocycles. The van der Waals surface area contributed by atoms with E-state index in [9.17, 15) is 4.79 Å². The van der Waals surface area contributed by atoms with Gasteiger partial charge in [0.15, 0.2) is 0 Å². The molecule has 94 valence electrons. The Morgan fingerprint density at radius 1 is 1.59 bits per heavy atom. The van der Waals surface area contributed by atoms with Crippen molar-refractivity contribution in [1.29, 1.82) is 0 Å². The van der Waals surface area contributed by atoms with Crippen LogP contribution in [0.2, 0.25) is 0 Å². The van der Waals surface area contributed by atoms with Crippen LogP contribution in [0.25, 0.3) is 0 Å². The Morgan fingerprint density at radius 2 is 2.35 bits per heavy atom. The number of rotatable bonds is 4. The molecule has 1 aliphatic rings. The number of nitrogens with zero attached hydrogens (tertiary/aromatic N) is 1. The van der Waals surface area contributed by atoms with E-state index >= 15 is 0 Å². The van der Waals surface area contributed by atoms with Crippen LogP contribution in [-0.2, 0) is 4.79 Å². The van der Waals surface area contributed by atoms with Crippen LogP contribution in [0, 0.1) is 5.92 Å². The number of H-pyrrole nitrogens is 1. The first-order valence-electron chi connectivity index (χ1n) is 6.31. The number of nitrogens with one attached hydrogen (secondary N) is 3. The second-order valence-corrected chi connectivity index (χ2v) is 4.47. The second kappa shape index (κ2) is 5.82. The van der Waals surface area contributed by atoms with Crippen molar-refractivity contribution >= 4 is 5.91 Å². The molecule has 5 heteroatoms. The maximum Gasteiger partial charge on any atom is 0.223 e. The predicted octanol–water partition coefficient (Wildman–Crippen LogP) is 0.977. The zero-order valence-corrected chi connectivity index (χ0v) is 10.2. The van der Waals surface area contributed by atoms with E-state index in [0.717, 1.165) is 38.2 Å². The van der Waals surface area contributed by atoms with Crippen LogP contribution in [0.1, 0.15) is 38.1 Å². The first-order valence-corrected chi connectivity index (χ1v) is 6.31. The summed E-state index contributed by atoms with van der Waals surface area (Å²) >= 11 is 0. The maximum atomic E-state index is 12.1. The zero-order valence-electron chi connectivity index (χ0n) is 10.2. The van der Waals surface area contributed by atoms with Crippen LogP contribution in [0.15, 0.2) is 12.4 Å². The topological polar surface area (TPSA) is 69.8 Å². The molecule has 0 aliphatic carbocycles. The number of hydrogen-bond acceptors (Lipinski definition) is 3. The summed E-state index contributed by atoms with van der Waals surface area (Å²) in [5.74, 6) is 1.16. The average Bonchev–Trinajstić information content (AvgIpc) is 2.90. The molecule has 2 heterocycles. The molecule has 1 unspecified atom stereocenters. The first-order chi connectivity index (χ1) is 8.31. The summed E-state index contributed by atoms with van der Waals surface area (Å²) in [5.41, 5.74) is 0. The molecule has 3 N–H and O–H groups in total. The second-order valence-electron chi connectivity index (χ2n) is 4.47. The van der Waals surface area contributed by atoms with Gasteiger partial charge in [0.2, 0.25) is 5.91 Å². The molecular formula is C12H20N4O. The Balaban J connectivity index is 1.92. The molecule has 17 heavy (non-hydrogen) atoms. The first kappa shape index (κ1) is 12.1. The number of imidazole rings is 1. The SMILES string of the molecule is CCC(NC(=O)C1CCNCC1)c1ncc[nH]1. The molecule has 1 fully saturated rings. The minimum atomic E-state index is 0.00684. The van der Waals surface area contributed by atoms with Gasteiger partial charge in [0, 0.05) is 18.3 Å². The molecule has 2 rings (SSSR count). The van der Waals surface area contributed by atoms with Gasteiger partial charge < -0.3 is 15.6 Å². The van der Waals surface area contributed by atoms with Gasteiger partial charge in [0.25, 0.3) is 0 Å².